The van der Waals surface area contributed by atoms with Gasteiger partial charge >= 0.3 is 0 Å². The Labute approximate surface area is 123 Å². The Morgan fingerprint density at radius 3 is 2.90 bits per heavy atom. The van der Waals surface area contributed by atoms with E-state index in [2.05, 4.69) is 14.6 Å². The minimum atomic E-state index is -0.0536. The Morgan fingerprint density at radius 1 is 1.40 bits per heavy atom. The molecule has 6 nitrogen and oxygen atoms in total. The fourth-order valence-corrected chi connectivity index (χ4v) is 3.46. The van der Waals surface area contributed by atoms with Crippen LogP contribution in [0.4, 0.5) is 0 Å². The minimum absolute atomic E-state index is 0.0536. The SMILES string of the molecule is Cc1nnsc1C(=O)N(C)Cc1c(C)nc2sccn12. The second-order valence-electron chi connectivity index (χ2n) is 4.55. The number of thiazole rings is 1. The first-order valence-electron chi connectivity index (χ1n) is 6.03. The molecule has 0 unspecified atom stereocenters. The van der Waals surface area contributed by atoms with Gasteiger partial charge in [0, 0.05) is 18.6 Å². The van der Waals surface area contributed by atoms with Gasteiger partial charge in [0.2, 0.25) is 0 Å². The summed E-state index contributed by atoms with van der Waals surface area (Å²) in [6.45, 7) is 4.28. The molecule has 0 aliphatic rings. The maximum atomic E-state index is 12.4. The molecular formula is C12H13N5OS2. The highest BCUT2D eigenvalue weighted by Gasteiger charge is 2.20. The Balaban J connectivity index is 1.87. The summed E-state index contributed by atoms with van der Waals surface area (Å²) in [6, 6.07) is 0. The van der Waals surface area contributed by atoms with Crippen LogP contribution in [0.15, 0.2) is 11.6 Å². The lowest BCUT2D eigenvalue weighted by molar-refractivity contribution is 0.0787. The molecule has 3 rings (SSSR count). The molecule has 0 spiro atoms. The lowest BCUT2D eigenvalue weighted by atomic mass is 10.3. The number of carbonyl (C=O) groups is 1. The zero-order chi connectivity index (χ0) is 14.3. The first-order chi connectivity index (χ1) is 9.58. The van der Waals surface area contributed by atoms with Crippen molar-refractivity contribution in [3.63, 3.8) is 0 Å². The fourth-order valence-electron chi connectivity index (χ4n) is 2.03. The van der Waals surface area contributed by atoms with E-state index in [4.69, 9.17) is 0 Å². The number of hydrogen-bond acceptors (Lipinski definition) is 6. The molecule has 8 heteroatoms. The van der Waals surface area contributed by atoms with E-state index in [-0.39, 0.29) is 5.91 Å². The third-order valence-corrected chi connectivity index (χ3v) is 4.71. The largest absolute Gasteiger partial charge is 0.335 e. The third kappa shape index (κ3) is 2.10. The van der Waals surface area contributed by atoms with Crippen LogP contribution >= 0.6 is 22.9 Å². The molecule has 0 fully saturated rings. The molecule has 3 aromatic rings. The zero-order valence-electron chi connectivity index (χ0n) is 11.3. The summed E-state index contributed by atoms with van der Waals surface area (Å²) < 4.78 is 5.84. The van der Waals surface area contributed by atoms with Gasteiger partial charge in [0.25, 0.3) is 5.91 Å². The van der Waals surface area contributed by atoms with Crippen LogP contribution in [0.2, 0.25) is 0 Å². The Hall–Kier alpha value is -1.80. The second kappa shape index (κ2) is 4.95. The summed E-state index contributed by atoms with van der Waals surface area (Å²) in [7, 11) is 1.78. The van der Waals surface area contributed by atoms with E-state index in [1.165, 1.54) is 0 Å². The van der Waals surface area contributed by atoms with Crippen LogP contribution < -0.4 is 0 Å². The first-order valence-corrected chi connectivity index (χ1v) is 7.68. The van der Waals surface area contributed by atoms with Crippen molar-refractivity contribution in [3.05, 3.63) is 33.5 Å². The van der Waals surface area contributed by atoms with E-state index in [1.54, 1.807) is 30.2 Å². The quantitative estimate of drug-likeness (QED) is 0.743. The number of nitrogens with zero attached hydrogens (tertiary/aromatic N) is 5. The van der Waals surface area contributed by atoms with E-state index in [0.29, 0.717) is 17.1 Å². The molecule has 3 heterocycles. The standard InChI is InChI=1S/C12H13N5OS2/c1-7-9(17-4-5-19-12(17)13-7)6-16(3)11(18)10-8(2)14-15-20-10/h4-5H,6H2,1-3H3. The smallest absolute Gasteiger partial charge is 0.267 e. The number of carbonyl (C=O) groups excluding carboxylic acids is 1. The Bertz CT molecular complexity index is 772. The molecule has 104 valence electrons. The van der Waals surface area contributed by atoms with Gasteiger partial charge in [0.15, 0.2) is 4.96 Å². The summed E-state index contributed by atoms with van der Waals surface area (Å²) >= 11 is 2.72. The molecule has 3 aromatic heterocycles. The van der Waals surface area contributed by atoms with Crippen LogP contribution in [0.5, 0.6) is 0 Å². The van der Waals surface area contributed by atoms with Crippen LogP contribution in [-0.2, 0) is 6.54 Å². The third-order valence-electron chi connectivity index (χ3n) is 3.14. The van der Waals surface area contributed by atoms with E-state index < -0.39 is 0 Å². The van der Waals surface area contributed by atoms with Gasteiger partial charge in [-0.2, -0.15) is 0 Å². The number of imidazole rings is 1. The predicted octanol–water partition coefficient (Wildman–Crippen LogP) is 2.14. The van der Waals surface area contributed by atoms with Crippen molar-refractivity contribution in [2.75, 3.05) is 7.05 Å². The lowest BCUT2D eigenvalue weighted by Gasteiger charge is -2.16. The highest BCUT2D eigenvalue weighted by atomic mass is 32.1. The van der Waals surface area contributed by atoms with Gasteiger partial charge in [-0.1, -0.05) is 4.49 Å². The number of rotatable bonds is 3. The van der Waals surface area contributed by atoms with Crippen LogP contribution in [0.1, 0.15) is 26.8 Å². The monoisotopic (exact) mass is 307 g/mol. The lowest BCUT2D eigenvalue weighted by Crippen LogP contribution is -2.27. The molecule has 0 aromatic carbocycles. The van der Waals surface area contributed by atoms with Gasteiger partial charge in [-0.05, 0) is 25.4 Å². The molecule has 0 saturated heterocycles. The number of hydrogen-bond donors (Lipinski definition) is 0. The maximum Gasteiger partial charge on any atom is 0.267 e. The summed E-state index contributed by atoms with van der Waals surface area (Å²) in [4.78, 5) is 20.1. The summed E-state index contributed by atoms with van der Waals surface area (Å²) in [5.41, 5.74) is 2.67. The van der Waals surface area contributed by atoms with Crippen molar-refractivity contribution in [3.8, 4) is 0 Å². The first kappa shape index (κ1) is 13.2. The highest BCUT2D eigenvalue weighted by molar-refractivity contribution is 7.15. The molecule has 0 atom stereocenters. The van der Waals surface area contributed by atoms with Gasteiger partial charge in [-0.3, -0.25) is 9.20 Å². The van der Waals surface area contributed by atoms with Crippen LogP contribution in [0.25, 0.3) is 4.96 Å². The number of aromatic nitrogens is 4. The van der Waals surface area contributed by atoms with Gasteiger partial charge < -0.3 is 4.90 Å². The Morgan fingerprint density at radius 2 is 2.20 bits per heavy atom. The molecule has 20 heavy (non-hydrogen) atoms. The van der Waals surface area contributed by atoms with Crippen molar-refractivity contribution >= 4 is 33.7 Å². The molecule has 0 bridgehead atoms. The van der Waals surface area contributed by atoms with E-state index in [9.17, 15) is 4.79 Å². The highest BCUT2D eigenvalue weighted by Crippen LogP contribution is 2.19. The average Bonchev–Trinajstić information content (AvgIpc) is 3.08. The van der Waals surface area contributed by atoms with Gasteiger partial charge in [0.05, 0.1) is 23.6 Å². The van der Waals surface area contributed by atoms with Gasteiger partial charge in [0.1, 0.15) is 4.88 Å². The number of amides is 1. The van der Waals surface area contributed by atoms with Crippen molar-refractivity contribution in [2.24, 2.45) is 0 Å². The topological polar surface area (TPSA) is 63.4 Å². The molecule has 0 radical (unpaired) electrons. The predicted molar refractivity (Wildman–Crippen MR) is 78.2 cm³/mol. The van der Waals surface area contributed by atoms with Gasteiger partial charge in [-0.25, -0.2) is 4.98 Å². The zero-order valence-corrected chi connectivity index (χ0v) is 13.0. The molecule has 0 N–H and O–H groups in total. The molecular weight excluding hydrogens is 294 g/mol. The van der Waals surface area contributed by atoms with E-state index in [0.717, 1.165) is 27.9 Å². The minimum Gasteiger partial charge on any atom is -0.335 e. The van der Waals surface area contributed by atoms with Crippen LogP contribution in [-0.4, -0.2) is 36.8 Å². The summed E-state index contributed by atoms with van der Waals surface area (Å²) in [6.07, 6.45) is 1.98. The van der Waals surface area contributed by atoms with Crippen molar-refractivity contribution in [1.82, 2.24) is 23.9 Å². The van der Waals surface area contributed by atoms with Gasteiger partial charge in [-0.15, -0.1) is 16.4 Å². The molecule has 0 saturated carbocycles. The van der Waals surface area contributed by atoms with Crippen LogP contribution in [0.3, 0.4) is 0 Å². The number of fused-ring (bicyclic) bond motifs is 1. The molecule has 0 aliphatic heterocycles. The van der Waals surface area contributed by atoms with Crippen molar-refractivity contribution < 1.29 is 4.79 Å². The summed E-state index contributed by atoms with van der Waals surface area (Å²) in [5, 5.41) is 5.87. The average molecular weight is 307 g/mol. The second-order valence-corrected chi connectivity index (χ2v) is 6.18. The normalized spacial score (nSPS) is 11.2. The van der Waals surface area contributed by atoms with Crippen LogP contribution in [0, 0.1) is 13.8 Å². The van der Waals surface area contributed by atoms with Crippen molar-refractivity contribution in [2.45, 2.75) is 20.4 Å². The maximum absolute atomic E-state index is 12.4. The fraction of sp³-hybridized carbons (Fsp3) is 0.333. The molecule has 0 aliphatic carbocycles. The Kier molecular flexibility index (Phi) is 3.27. The molecule has 1 amide bonds. The van der Waals surface area contributed by atoms with Crippen molar-refractivity contribution in [1.29, 1.82) is 0 Å². The number of aryl methyl sites for hydroxylation is 2. The van der Waals surface area contributed by atoms with E-state index >= 15 is 0 Å². The summed E-state index contributed by atoms with van der Waals surface area (Å²) in [5.74, 6) is -0.0536. The van der Waals surface area contributed by atoms with E-state index in [1.807, 2.05) is 22.9 Å².